The van der Waals surface area contributed by atoms with Crippen molar-refractivity contribution in [3.05, 3.63) is 57.8 Å². The predicted molar refractivity (Wildman–Crippen MR) is 69.1 cm³/mol. The Labute approximate surface area is 113 Å². The van der Waals surface area contributed by atoms with Crippen molar-refractivity contribution < 1.29 is 19.6 Å². The summed E-state index contributed by atoms with van der Waals surface area (Å²) in [4.78, 5) is 24.7. The molecule has 102 valence electrons. The molecule has 0 bridgehead atoms. The van der Waals surface area contributed by atoms with Crippen LogP contribution in [0.1, 0.15) is 15.9 Å². The van der Waals surface area contributed by atoms with Gasteiger partial charge in [0.15, 0.2) is 0 Å². The van der Waals surface area contributed by atoms with Crippen molar-refractivity contribution in [2.24, 2.45) is 0 Å². The summed E-state index contributed by atoms with van der Waals surface area (Å²) >= 11 is 0. The van der Waals surface area contributed by atoms with Gasteiger partial charge in [0.05, 0.1) is 10.5 Å². The van der Waals surface area contributed by atoms with Crippen LogP contribution in [-0.4, -0.2) is 21.0 Å². The number of ether oxygens (including phenoxy) is 1. The Bertz CT molecular complexity index is 667. The minimum atomic E-state index is -1.07. The van der Waals surface area contributed by atoms with Gasteiger partial charge in [-0.3, -0.25) is 10.1 Å². The fourth-order valence-corrected chi connectivity index (χ4v) is 1.53. The molecule has 7 nitrogen and oxygen atoms in total. The lowest BCUT2D eigenvalue weighted by Crippen LogP contribution is -2.00. The molecule has 0 amide bonds. The number of non-ortho nitro benzene ring substituents is 1. The van der Waals surface area contributed by atoms with Crippen LogP contribution in [0.5, 0.6) is 11.6 Å². The van der Waals surface area contributed by atoms with Crippen LogP contribution in [-0.2, 0) is 0 Å². The monoisotopic (exact) mass is 274 g/mol. The van der Waals surface area contributed by atoms with E-state index in [1.54, 1.807) is 6.92 Å². The number of aryl methyl sites for hydroxylation is 1. The summed E-state index contributed by atoms with van der Waals surface area (Å²) in [6.45, 7) is 1.67. The minimum Gasteiger partial charge on any atom is -0.478 e. The van der Waals surface area contributed by atoms with E-state index in [0.717, 1.165) is 0 Å². The van der Waals surface area contributed by atoms with Crippen LogP contribution in [0, 0.1) is 17.0 Å². The Morgan fingerprint density at radius 3 is 2.50 bits per heavy atom. The fraction of sp³-hybridized carbons (Fsp3) is 0.0769. The average Bonchev–Trinajstić information content (AvgIpc) is 2.41. The number of hydrogen-bond acceptors (Lipinski definition) is 5. The number of benzene rings is 1. The highest BCUT2D eigenvalue weighted by molar-refractivity contribution is 5.87. The number of aromatic nitrogens is 1. The van der Waals surface area contributed by atoms with Gasteiger partial charge in [-0.1, -0.05) is 0 Å². The number of nitro groups is 1. The summed E-state index contributed by atoms with van der Waals surface area (Å²) < 4.78 is 5.45. The van der Waals surface area contributed by atoms with Crippen molar-refractivity contribution in [3.8, 4) is 11.6 Å². The average molecular weight is 274 g/mol. The molecule has 20 heavy (non-hydrogen) atoms. The number of hydrogen-bond donors (Lipinski definition) is 1. The molecule has 0 fully saturated rings. The van der Waals surface area contributed by atoms with Gasteiger partial charge in [-0.25, -0.2) is 9.78 Å². The molecule has 0 radical (unpaired) electrons. The molecular formula is C13H10N2O5. The van der Waals surface area contributed by atoms with Crippen LogP contribution in [0.15, 0.2) is 36.5 Å². The highest BCUT2D eigenvalue weighted by atomic mass is 16.6. The zero-order valence-corrected chi connectivity index (χ0v) is 10.4. The van der Waals surface area contributed by atoms with Crippen LogP contribution >= 0.6 is 0 Å². The highest BCUT2D eigenvalue weighted by Gasteiger charge is 2.10. The highest BCUT2D eigenvalue weighted by Crippen LogP contribution is 2.25. The predicted octanol–water partition coefficient (Wildman–Crippen LogP) is 2.79. The van der Waals surface area contributed by atoms with Crippen molar-refractivity contribution in [3.63, 3.8) is 0 Å². The molecule has 1 N–H and O–H groups in total. The van der Waals surface area contributed by atoms with E-state index < -0.39 is 10.9 Å². The lowest BCUT2D eigenvalue weighted by atomic mass is 10.2. The third-order valence-corrected chi connectivity index (χ3v) is 2.54. The number of aromatic carboxylic acids is 1. The molecule has 0 spiro atoms. The number of nitrogens with zero attached hydrogens (tertiary/aromatic N) is 2. The molecule has 0 atom stereocenters. The Morgan fingerprint density at radius 2 is 2.00 bits per heavy atom. The quantitative estimate of drug-likeness (QED) is 0.679. The molecule has 2 aromatic rings. The van der Waals surface area contributed by atoms with Crippen LogP contribution in [0.3, 0.4) is 0 Å². The molecule has 0 saturated heterocycles. The maximum atomic E-state index is 10.8. The van der Waals surface area contributed by atoms with Crippen LogP contribution in [0.2, 0.25) is 0 Å². The molecule has 0 aliphatic carbocycles. The molecule has 0 aliphatic heterocycles. The van der Waals surface area contributed by atoms with Gasteiger partial charge in [0.2, 0.25) is 5.88 Å². The second-order valence-electron chi connectivity index (χ2n) is 4.00. The van der Waals surface area contributed by atoms with Crippen LogP contribution in [0.25, 0.3) is 0 Å². The van der Waals surface area contributed by atoms with E-state index in [2.05, 4.69) is 4.98 Å². The van der Waals surface area contributed by atoms with E-state index in [1.807, 2.05) is 0 Å². The number of carboxylic acids is 1. The van der Waals surface area contributed by atoms with Crippen LogP contribution in [0.4, 0.5) is 5.69 Å². The third-order valence-electron chi connectivity index (χ3n) is 2.54. The third kappa shape index (κ3) is 2.89. The first-order chi connectivity index (χ1) is 9.47. The Hall–Kier alpha value is -2.96. The smallest absolute Gasteiger partial charge is 0.337 e. The van der Waals surface area contributed by atoms with Crippen molar-refractivity contribution in [2.45, 2.75) is 6.92 Å². The molecule has 0 aliphatic rings. The van der Waals surface area contributed by atoms with E-state index in [0.29, 0.717) is 11.3 Å². The lowest BCUT2D eigenvalue weighted by Gasteiger charge is -2.07. The number of carbonyl (C=O) groups is 1. The maximum Gasteiger partial charge on any atom is 0.337 e. The fourth-order valence-electron chi connectivity index (χ4n) is 1.53. The van der Waals surface area contributed by atoms with Gasteiger partial charge in [-0.15, -0.1) is 0 Å². The first-order valence-corrected chi connectivity index (χ1v) is 5.59. The van der Waals surface area contributed by atoms with E-state index in [4.69, 9.17) is 9.84 Å². The van der Waals surface area contributed by atoms with Gasteiger partial charge in [-0.2, -0.15) is 0 Å². The van der Waals surface area contributed by atoms with Crippen molar-refractivity contribution in [1.29, 1.82) is 0 Å². The van der Waals surface area contributed by atoms with Crippen molar-refractivity contribution in [1.82, 2.24) is 4.98 Å². The second-order valence-corrected chi connectivity index (χ2v) is 4.00. The number of rotatable bonds is 4. The first kappa shape index (κ1) is 13.5. The Kier molecular flexibility index (Phi) is 3.60. The molecule has 1 heterocycles. The lowest BCUT2D eigenvalue weighted by molar-refractivity contribution is -0.384. The summed E-state index contributed by atoms with van der Waals surface area (Å²) in [7, 11) is 0. The Morgan fingerprint density at radius 1 is 1.35 bits per heavy atom. The minimum absolute atomic E-state index is 0.0387. The molecule has 0 unspecified atom stereocenters. The van der Waals surface area contributed by atoms with Gasteiger partial charge in [-0.05, 0) is 25.1 Å². The summed E-state index contributed by atoms with van der Waals surface area (Å²) in [6, 6.07) is 6.97. The normalized spacial score (nSPS) is 10.1. The molecule has 1 aromatic carbocycles. The topological polar surface area (TPSA) is 103 Å². The van der Waals surface area contributed by atoms with Crippen molar-refractivity contribution >= 4 is 11.7 Å². The molecular weight excluding hydrogens is 264 g/mol. The second kappa shape index (κ2) is 5.35. The van der Waals surface area contributed by atoms with Gasteiger partial charge in [0.25, 0.3) is 5.69 Å². The molecule has 7 heteroatoms. The maximum absolute atomic E-state index is 10.8. The molecule has 1 aromatic heterocycles. The van der Waals surface area contributed by atoms with E-state index in [1.165, 1.54) is 36.5 Å². The SMILES string of the molecule is Cc1cc(C(=O)O)cnc1Oc1ccc([N+](=O)[O-])cc1. The standard InChI is InChI=1S/C13H10N2O5/c1-8-6-9(13(16)17)7-14-12(8)20-11-4-2-10(3-5-11)15(18)19/h2-7H,1H3,(H,16,17). The van der Waals surface area contributed by atoms with Crippen molar-refractivity contribution in [2.75, 3.05) is 0 Å². The Balaban J connectivity index is 2.21. The largest absolute Gasteiger partial charge is 0.478 e. The first-order valence-electron chi connectivity index (χ1n) is 5.59. The van der Waals surface area contributed by atoms with Gasteiger partial charge < -0.3 is 9.84 Å². The summed E-state index contributed by atoms with van der Waals surface area (Å²) in [5.41, 5.74) is 0.588. The summed E-state index contributed by atoms with van der Waals surface area (Å²) in [5.74, 6) is -0.430. The van der Waals surface area contributed by atoms with E-state index in [9.17, 15) is 14.9 Å². The zero-order chi connectivity index (χ0) is 14.7. The van der Waals surface area contributed by atoms with Gasteiger partial charge in [0, 0.05) is 23.9 Å². The van der Waals surface area contributed by atoms with Crippen LogP contribution < -0.4 is 4.74 Å². The zero-order valence-electron chi connectivity index (χ0n) is 10.4. The van der Waals surface area contributed by atoms with E-state index >= 15 is 0 Å². The number of carboxylic acid groups (broad SMARTS) is 1. The summed E-state index contributed by atoms with van der Waals surface area (Å²) in [6.07, 6.45) is 1.19. The van der Waals surface area contributed by atoms with Gasteiger partial charge in [0.1, 0.15) is 5.75 Å². The number of nitro benzene ring substituents is 1. The van der Waals surface area contributed by atoms with Gasteiger partial charge >= 0.3 is 5.97 Å². The number of pyridine rings is 1. The summed E-state index contributed by atoms with van der Waals surface area (Å²) in [5, 5.41) is 19.4. The molecule has 2 rings (SSSR count). The molecule has 0 saturated carbocycles. The van der Waals surface area contributed by atoms with E-state index in [-0.39, 0.29) is 17.1 Å².